The highest BCUT2D eigenvalue weighted by Gasteiger charge is 2.60. The molecule has 35 heavy (non-hydrogen) atoms. The Kier molecular flexibility index (Phi) is 5.77. The van der Waals surface area contributed by atoms with E-state index in [4.69, 9.17) is 4.74 Å². The molecule has 7 heteroatoms. The molecule has 1 aliphatic heterocycles. The summed E-state index contributed by atoms with van der Waals surface area (Å²) < 4.78 is 7.45. The summed E-state index contributed by atoms with van der Waals surface area (Å²) in [7, 11) is 3.79. The molecule has 2 aromatic heterocycles. The van der Waals surface area contributed by atoms with E-state index in [1.165, 1.54) is 25.1 Å². The summed E-state index contributed by atoms with van der Waals surface area (Å²) in [6.07, 6.45) is 2.48. The quantitative estimate of drug-likeness (QED) is 0.256. The van der Waals surface area contributed by atoms with Crippen LogP contribution in [0.1, 0.15) is 24.1 Å². The van der Waals surface area contributed by atoms with Crippen LogP contribution < -0.4 is 4.74 Å². The van der Waals surface area contributed by atoms with Gasteiger partial charge in [-0.15, -0.1) is 10.2 Å². The lowest BCUT2D eigenvalue weighted by Gasteiger charge is -2.21. The van der Waals surface area contributed by atoms with Crippen molar-refractivity contribution < 1.29 is 4.74 Å². The summed E-state index contributed by atoms with van der Waals surface area (Å²) in [5, 5.41) is 11.1. The van der Waals surface area contributed by atoms with Crippen molar-refractivity contribution in [3.8, 4) is 17.1 Å². The van der Waals surface area contributed by atoms with E-state index in [1.54, 1.807) is 18.9 Å². The van der Waals surface area contributed by atoms with Gasteiger partial charge in [-0.1, -0.05) is 42.1 Å². The van der Waals surface area contributed by atoms with Crippen LogP contribution >= 0.6 is 11.8 Å². The van der Waals surface area contributed by atoms with Gasteiger partial charge in [0.1, 0.15) is 5.75 Å². The van der Waals surface area contributed by atoms with E-state index >= 15 is 0 Å². The van der Waals surface area contributed by atoms with Crippen LogP contribution in [0, 0.1) is 12.8 Å². The number of hydrogen-bond acceptors (Lipinski definition) is 6. The first kappa shape index (κ1) is 22.6. The molecule has 0 radical (unpaired) electrons. The molecule has 180 valence electrons. The van der Waals surface area contributed by atoms with Crippen molar-refractivity contribution in [1.82, 2.24) is 24.6 Å². The lowest BCUT2D eigenvalue weighted by atomic mass is 9.95. The Hall–Kier alpha value is -2.90. The lowest BCUT2D eigenvalue weighted by Crippen LogP contribution is -2.27. The average molecular weight is 486 g/mol. The van der Waals surface area contributed by atoms with Crippen molar-refractivity contribution in [3.63, 3.8) is 0 Å². The maximum Gasteiger partial charge on any atom is 0.191 e. The molecule has 6 nitrogen and oxygen atoms in total. The smallest absolute Gasteiger partial charge is 0.191 e. The van der Waals surface area contributed by atoms with Crippen LogP contribution in [0.3, 0.4) is 0 Å². The highest BCUT2D eigenvalue weighted by atomic mass is 32.2. The number of aryl methyl sites for hydroxylation is 1. The van der Waals surface area contributed by atoms with Crippen LogP contribution in [0.25, 0.3) is 22.3 Å². The van der Waals surface area contributed by atoms with Gasteiger partial charge in [0, 0.05) is 47.9 Å². The van der Waals surface area contributed by atoms with Gasteiger partial charge in [0.2, 0.25) is 0 Å². The largest absolute Gasteiger partial charge is 0.497 e. The predicted octanol–water partition coefficient (Wildman–Crippen LogP) is 5.10. The number of methoxy groups -OCH3 is 1. The van der Waals surface area contributed by atoms with E-state index in [1.807, 2.05) is 13.0 Å². The zero-order chi connectivity index (χ0) is 24.0. The Morgan fingerprint density at radius 1 is 1.09 bits per heavy atom. The Morgan fingerprint density at radius 3 is 2.77 bits per heavy atom. The average Bonchev–Trinajstić information content (AvgIpc) is 3.25. The summed E-state index contributed by atoms with van der Waals surface area (Å²) >= 11 is 1.80. The van der Waals surface area contributed by atoms with Gasteiger partial charge in [-0.2, -0.15) is 0 Å². The Balaban J connectivity index is 1.05. The second kappa shape index (κ2) is 8.95. The molecular formula is C28H31N5OS. The molecular weight excluding hydrogens is 454 g/mol. The van der Waals surface area contributed by atoms with Crippen LogP contribution in [0.4, 0.5) is 0 Å². The molecule has 2 atom stereocenters. The van der Waals surface area contributed by atoms with Crippen LogP contribution in [0.2, 0.25) is 0 Å². The number of piperidine rings is 1. The minimum absolute atomic E-state index is 0.379. The minimum Gasteiger partial charge on any atom is -0.497 e. The first-order valence-corrected chi connectivity index (χ1v) is 13.3. The molecule has 1 aliphatic carbocycles. The standard InChI is InChI=1S/C28H31N5OS/c1-19-8-13-23-24(6-4-7-25(23)29-19)26-30-31-27(32(26)2)35-15-5-14-33-17-21-16-28(21,18-33)20-9-11-22(34-3)12-10-20/h4,6-13,21H,5,14-18H2,1-3H3/t21?,28-/m1/s1. The van der Waals surface area contributed by atoms with E-state index in [-0.39, 0.29) is 0 Å². The Labute approximate surface area is 210 Å². The van der Waals surface area contributed by atoms with Gasteiger partial charge in [0.25, 0.3) is 0 Å². The molecule has 1 saturated heterocycles. The first-order chi connectivity index (χ1) is 17.1. The monoisotopic (exact) mass is 485 g/mol. The third kappa shape index (κ3) is 4.10. The third-order valence-electron chi connectivity index (χ3n) is 7.68. The van der Waals surface area contributed by atoms with E-state index in [2.05, 4.69) is 80.2 Å². The molecule has 0 amide bonds. The third-order valence-corrected chi connectivity index (χ3v) is 8.78. The van der Waals surface area contributed by atoms with Gasteiger partial charge in [-0.05, 0) is 62.1 Å². The van der Waals surface area contributed by atoms with Gasteiger partial charge in [0.15, 0.2) is 11.0 Å². The number of rotatable bonds is 8. The Bertz CT molecular complexity index is 1370. The summed E-state index contributed by atoms with van der Waals surface area (Å²) in [4.78, 5) is 7.31. The topological polar surface area (TPSA) is 56.1 Å². The van der Waals surface area contributed by atoms with Crippen LogP contribution in [-0.2, 0) is 12.5 Å². The number of benzene rings is 2. The predicted molar refractivity (Wildman–Crippen MR) is 141 cm³/mol. The number of fused-ring (bicyclic) bond motifs is 2. The van der Waals surface area contributed by atoms with Crippen molar-refractivity contribution in [3.05, 3.63) is 65.9 Å². The molecule has 6 rings (SSSR count). The molecule has 1 saturated carbocycles. The number of ether oxygens (including phenoxy) is 1. The Morgan fingerprint density at radius 2 is 1.94 bits per heavy atom. The number of likely N-dealkylation sites (tertiary alicyclic amines) is 1. The van der Waals surface area contributed by atoms with E-state index in [0.717, 1.165) is 63.5 Å². The second-order valence-corrected chi connectivity index (χ2v) is 11.0. The number of nitrogens with zero attached hydrogens (tertiary/aromatic N) is 5. The summed E-state index contributed by atoms with van der Waals surface area (Å²) in [5.74, 6) is 3.68. The first-order valence-electron chi connectivity index (χ1n) is 12.3. The van der Waals surface area contributed by atoms with Crippen LogP contribution in [-0.4, -0.2) is 57.1 Å². The molecule has 2 aliphatic rings. The lowest BCUT2D eigenvalue weighted by molar-refractivity contribution is 0.299. The fourth-order valence-corrected chi connectivity index (χ4v) is 6.54. The maximum atomic E-state index is 5.33. The van der Waals surface area contributed by atoms with Crippen molar-refractivity contribution >= 4 is 22.7 Å². The molecule has 4 aromatic rings. The summed E-state index contributed by atoms with van der Waals surface area (Å²) in [5.41, 5.74) is 4.96. The van der Waals surface area contributed by atoms with Gasteiger partial charge in [0.05, 0.1) is 12.6 Å². The molecule has 1 unspecified atom stereocenters. The second-order valence-electron chi connectivity index (χ2n) is 9.91. The molecule has 0 N–H and O–H groups in total. The highest BCUT2D eigenvalue weighted by Crippen LogP contribution is 2.59. The normalized spacial score (nSPS) is 21.4. The van der Waals surface area contributed by atoms with E-state index < -0.39 is 0 Å². The van der Waals surface area contributed by atoms with E-state index in [9.17, 15) is 0 Å². The zero-order valence-corrected chi connectivity index (χ0v) is 21.4. The zero-order valence-electron chi connectivity index (χ0n) is 20.6. The molecule has 0 spiro atoms. The molecule has 2 fully saturated rings. The van der Waals surface area contributed by atoms with Gasteiger partial charge >= 0.3 is 0 Å². The number of aromatic nitrogens is 4. The number of hydrogen-bond donors (Lipinski definition) is 0. The van der Waals surface area contributed by atoms with Crippen LogP contribution in [0.15, 0.2) is 59.8 Å². The van der Waals surface area contributed by atoms with Crippen molar-refractivity contribution in [2.24, 2.45) is 13.0 Å². The van der Waals surface area contributed by atoms with Gasteiger partial charge in [-0.25, -0.2) is 0 Å². The van der Waals surface area contributed by atoms with Gasteiger partial charge < -0.3 is 14.2 Å². The summed E-state index contributed by atoms with van der Waals surface area (Å²) in [6, 6.07) is 19.1. The van der Waals surface area contributed by atoms with Crippen molar-refractivity contribution in [2.45, 2.75) is 30.3 Å². The highest BCUT2D eigenvalue weighted by molar-refractivity contribution is 7.99. The fraction of sp³-hybridized carbons (Fsp3) is 0.393. The number of pyridine rings is 1. The molecule has 2 aromatic carbocycles. The van der Waals surface area contributed by atoms with Crippen LogP contribution in [0.5, 0.6) is 5.75 Å². The number of thioether (sulfide) groups is 1. The van der Waals surface area contributed by atoms with E-state index in [0.29, 0.717) is 5.41 Å². The fourth-order valence-electron chi connectivity index (χ4n) is 5.71. The minimum atomic E-state index is 0.379. The summed E-state index contributed by atoms with van der Waals surface area (Å²) in [6.45, 7) is 5.56. The molecule has 3 heterocycles. The van der Waals surface area contributed by atoms with Gasteiger partial charge in [-0.3, -0.25) is 4.98 Å². The van der Waals surface area contributed by atoms with Crippen molar-refractivity contribution in [2.75, 3.05) is 32.5 Å². The van der Waals surface area contributed by atoms with Crippen molar-refractivity contribution in [1.29, 1.82) is 0 Å². The maximum absolute atomic E-state index is 5.33. The SMILES string of the molecule is COc1ccc([C@]23CC2CN(CCCSc2nnc(-c4cccc5nc(C)ccc45)n2C)C3)cc1. The molecule has 0 bridgehead atoms.